The molecule has 0 aliphatic heterocycles. The van der Waals surface area contributed by atoms with Crippen molar-refractivity contribution >= 4 is 29.7 Å². The summed E-state index contributed by atoms with van der Waals surface area (Å²) in [6, 6.07) is 0.437. The maximum Gasteiger partial charge on any atom is 0.273 e. The van der Waals surface area contributed by atoms with E-state index in [0.717, 1.165) is 36.7 Å². The van der Waals surface area contributed by atoms with Gasteiger partial charge in [0.15, 0.2) is 0 Å². The lowest BCUT2D eigenvalue weighted by atomic mass is 9.93. The van der Waals surface area contributed by atoms with E-state index in [1.807, 2.05) is 5.38 Å². The van der Waals surface area contributed by atoms with Crippen LogP contribution in [0.1, 0.15) is 60.4 Å². The van der Waals surface area contributed by atoms with Crippen molar-refractivity contribution in [1.29, 1.82) is 0 Å². The van der Waals surface area contributed by atoms with Crippen molar-refractivity contribution in [3.8, 4) is 0 Å². The van der Waals surface area contributed by atoms with E-state index in [2.05, 4.69) is 9.88 Å². The Labute approximate surface area is 142 Å². The highest BCUT2D eigenvalue weighted by molar-refractivity contribution is 7.09. The molecule has 124 valence electrons. The lowest BCUT2D eigenvalue weighted by Crippen LogP contribution is -2.42. The molecule has 2 fully saturated rings. The van der Waals surface area contributed by atoms with E-state index in [4.69, 9.17) is 5.73 Å². The molecule has 6 heteroatoms. The minimum Gasteiger partial charge on any atom is -0.334 e. The van der Waals surface area contributed by atoms with Crippen molar-refractivity contribution in [3.05, 3.63) is 16.1 Å². The summed E-state index contributed by atoms with van der Waals surface area (Å²) in [6.45, 7) is 1.53. The second-order valence-electron chi connectivity index (χ2n) is 6.36. The first-order valence-corrected chi connectivity index (χ1v) is 9.11. The van der Waals surface area contributed by atoms with Crippen LogP contribution >= 0.6 is 23.7 Å². The standard InChI is InChI=1S/C16H25N3OS.ClH/c17-9-8-15-18-14(11-21-15)16(20)19(10-12-6-7-12)13-4-2-1-3-5-13;/h11-13H,1-10,17H2;1H. The van der Waals surface area contributed by atoms with Gasteiger partial charge in [0.1, 0.15) is 5.69 Å². The molecule has 1 heterocycles. The molecule has 2 aliphatic carbocycles. The molecule has 0 spiro atoms. The largest absolute Gasteiger partial charge is 0.334 e. The van der Waals surface area contributed by atoms with Crippen LogP contribution in [-0.4, -0.2) is 34.9 Å². The number of halogens is 1. The molecule has 1 aromatic rings. The van der Waals surface area contributed by atoms with Gasteiger partial charge in [-0.2, -0.15) is 0 Å². The number of hydrogen-bond donors (Lipinski definition) is 1. The van der Waals surface area contributed by atoms with Crippen LogP contribution in [0.5, 0.6) is 0 Å². The van der Waals surface area contributed by atoms with E-state index >= 15 is 0 Å². The van der Waals surface area contributed by atoms with Gasteiger partial charge in [-0.1, -0.05) is 19.3 Å². The summed E-state index contributed by atoms with van der Waals surface area (Å²) in [6.07, 6.45) is 9.50. The smallest absolute Gasteiger partial charge is 0.273 e. The summed E-state index contributed by atoms with van der Waals surface area (Å²) in [5, 5.41) is 2.90. The number of hydrogen-bond acceptors (Lipinski definition) is 4. The van der Waals surface area contributed by atoms with E-state index in [9.17, 15) is 4.79 Å². The normalized spacial score (nSPS) is 18.8. The Morgan fingerprint density at radius 2 is 2.00 bits per heavy atom. The Morgan fingerprint density at radius 1 is 1.27 bits per heavy atom. The van der Waals surface area contributed by atoms with Gasteiger partial charge in [0.05, 0.1) is 5.01 Å². The zero-order chi connectivity index (χ0) is 14.7. The van der Waals surface area contributed by atoms with Crippen molar-refractivity contribution in [2.75, 3.05) is 13.1 Å². The minimum absolute atomic E-state index is 0. The highest BCUT2D eigenvalue weighted by Gasteiger charge is 2.33. The van der Waals surface area contributed by atoms with E-state index in [0.29, 0.717) is 18.3 Å². The Bertz CT molecular complexity index is 483. The van der Waals surface area contributed by atoms with Crippen LogP contribution in [0.4, 0.5) is 0 Å². The zero-order valence-corrected chi connectivity index (χ0v) is 14.6. The molecule has 1 amide bonds. The van der Waals surface area contributed by atoms with Gasteiger partial charge in [0.25, 0.3) is 5.91 Å². The first kappa shape index (κ1) is 17.7. The van der Waals surface area contributed by atoms with Gasteiger partial charge in [0, 0.05) is 24.4 Å². The number of nitrogens with zero attached hydrogens (tertiary/aromatic N) is 2. The maximum absolute atomic E-state index is 12.9. The fraction of sp³-hybridized carbons (Fsp3) is 0.750. The maximum atomic E-state index is 12.9. The summed E-state index contributed by atoms with van der Waals surface area (Å²) in [5.41, 5.74) is 6.20. The number of rotatable bonds is 6. The number of thiazole rings is 1. The van der Waals surface area contributed by atoms with Crippen LogP contribution in [0, 0.1) is 5.92 Å². The molecule has 0 radical (unpaired) electrons. The Hall–Kier alpha value is -0.650. The molecule has 2 saturated carbocycles. The fourth-order valence-corrected chi connectivity index (χ4v) is 3.95. The van der Waals surface area contributed by atoms with Crippen LogP contribution in [0.15, 0.2) is 5.38 Å². The van der Waals surface area contributed by atoms with E-state index in [1.165, 1.54) is 32.1 Å². The summed E-state index contributed by atoms with van der Waals surface area (Å²) < 4.78 is 0. The van der Waals surface area contributed by atoms with Crippen LogP contribution < -0.4 is 5.73 Å². The number of nitrogens with two attached hydrogens (primary N) is 1. The van der Waals surface area contributed by atoms with E-state index in [-0.39, 0.29) is 18.3 Å². The molecule has 22 heavy (non-hydrogen) atoms. The van der Waals surface area contributed by atoms with Gasteiger partial charge in [0.2, 0.25) is 0 Å². The number of carbonyl (C=O) groups is 1. The molecule has 2 N–H and O–H groups in total. The highest BCUT2D eigenvalue weighted by Crippen LogP contribution is 2.33. The average molecular weight is 344 g/mol. The summed E-state index contributed by atoms with van der Waals surface area (Å²) in [5.74, 6) is 0.881. The van der Waals surface area contributed by atoms with Gasteiger partial charge < -0.3 is 10.6 Å². The molecule has 3 rings (SSSR count). The summed E-state index contributed by atoms with van der Waals surface area (Å²) >= 11 is 1.56. The minimum atomic E-state index is 0. The molecule has 0 saturated heterocycles. The molecule has 4 nitrogen and oxygen atoms in total. The lowest BCUT2D eigenvalue weighted by molar-refractivity contribution is 0.0616. The molecule has 2 aliphatic rings. The van der Waals surface area contributed by atoms with Crippen molar-refractivity contribution < 1.29 is 4.79 Å². The Kier molecular flexibility index (Phi) is 6.66. The first-order chi connectivity index (χ1) is 10.3. The average Bonchev–Trinajstić information content (AvgIpc) is 3.22. The third-order valence-corrected chi connectivity index (χ3v) is 5.47. The highest BCUT2D eigenvalue weighted by atomic mass is 35.5. The molecular formula is C16H26ClN3OS. The molecule has 0 unspecified atom stereocenters. The van der Waals surface area contributed by atoms with Crippen LogP contribution in [-0.2, 0) is 6.42 Å². The van der Waals surface area contributed by atoms with Crippen molar-refractivity contribution in [2.45, 2.75) is 57.4 Å². The molecule has 0 bridgehead atoms. The quantitative estimate of drug-likeness (QED) is 0.862. The van der Waals surface area contributed by atoms with Gasteiger partial charge in [-0.3, -0.25) is 4.79 Å². The zero-order valence-electron chi connectivity index (χ0n) is 13.0. The summed E-state index contributed by atoms with van der Waals surface area (Å²) in [7, 11) is 0. The SMILES string of the molecule is Cl.NCCc1nc(C(=O)N(CC2CC2)C2CCCCC2)cs1. The third-order valence-electron chi connectivity index (χ3n) is 4.56. The molecular weight excluding hydrogens is 318 g/mol. The Morgan fingerprint density at radius 3 is 2.64 bits per heavy atom. The number of carbonyl (C=O) groups excluding carboxylic acids is 1. The van der Waals surface area contributed by atoms with Crippen molar-refractivity contribution in [2.24, 2.45) is 11.7 Å². The number of amides is 1. The van der Waals surface area contributed by atoms with Gasteiger partial charge in [-0.25, -0.2) is 4.98 Å². The predicted octanol–water partition coefficient (Wildman–Crippen LogP) is 3.25. The van der Waals surface area contributed by atoms with E-state index in [1.54, 1.807) is 11.3 Å². The monoisotopic (exact) mass is 343 g/mol. The van der Waals surface area contributed by atoms with Crippen molar-refractivity contribution in [1.82, 2.24) is 9.88 Å². The number of aromatic nitrogens is 1. The first-order valence-electron chi connectivity index (χ1n) is 8.23. The predicted molar refractivity (Wildman–Crippen MR) is 92.8 cm³/mol. The van der Waals surface area contributed by atoms with Gasteiger partial charge >= 0.3 is 0 Å². The van der Waals surface area contributed by atoms with Crippen LogP contribution in [0.3, 0.4) is 0 Å². The topological polar surface area (TPSA) is 59.2 Å². The summed E-state index contributed by atoms with van der Waals surface area (Å²) in [4.78, 5) is 19.5. The molecule has 0 aromatic carbocycles. The third kappa shape index (κ3) is 4.43. The lowest BCUT2D eigenvalue weighted by Gasteiger charge is -2.34. The molecule has 0 atom stereocenters. The van der Waals surface area contributed by atoms with Gasteiger partial charge in [-0.05, 0) is 38.1 Å². The Balaban J connectivity index is 0.00000176. The fourth-order valence-electron chi connectivity index (χ4n) is 3.16. The van der Waals surface area contributed by atoms with Gasteiger partial charge in [-0.15, -0.1) is 23.7 Å². The molecule has 1 aromatic heterocycles. The van der Waals surface area contributed by atoms with Crippen molar-refractivity contribution in [3.63, 3.8) is 0 Å². The second kappa shape index (κ2) is 8.27. The van der Waals surface area contributed by atoms with E-state index < -0.39 is 0 Å². The van der Waals surface area contributed by atoms with Crippen LogP contribution in [0.25, 0.3) is 0 Å². The van der Waals surface area contributed by atoms with Crippen LogP contribution in [0.2, 0.25) is 0 Å². The second-order valence-corrected chi connectivity index (χ2v) is 7.30.